The molecule has 0 aliphatic carbocycles. The van der Waals surface area contributed by atoms with Crippen LogP contribution in [-0.4, -0.2) is 61.0 Å². The Hall–Kier alpha value is -2.33. The molecule has 2 saturated heterocycles. The maximum Gasteiger partial charge on any atom is 0.253 e. The topological polar surface area (TPSA) is 26.8 Å². The molecule has 1 atom stereocenters. The fourth-order valence-corrected chi connectivity index (χ4v) is 4.56. The number of nitrogens with zero attached hydrogens (tertiary/aromatic N) is 3. The molecule has 2 aromatic rings. The fraction of sp³-hybridized carbons (Fsp3) is 0.458. The number of para-hydroxylation sites is 1. The van der Waals surface area contributed by atoms with Crippen molar-refractivity contribution in [2.75, 3.05) is 44.2 Å². The minimum atomic E-state index is 0.184. The van der Waals surface area contributed by atoms with Gasteiger partial charge in [-0.15, -0.1) is 0 Å². The fourth-order valence-electron chi connectivity index (χ4n) is 4.56. The van der Waals surface area contributed by atoms with E-state index in [-0.39, 0.29) is 5.91 Å². The molecule has 148 valence electrons. The summed E-state index contributed by atoms with van der Waals surface area (Å²) in [6, 6.07) is 17.1. The van der Waals surface area contributed by atoms with E-state index in [9.17, 15) is 4.79 Å². The summed E-state index contributed by atoms with van der Waals surface area (Å²) in [4.78, 5) is 20.1. The van der Waals surface area contributed by atoms with Crippen LogP contribution in [0.2, 0.25) is 0 Å². The number of benzene rings is 2. The summed E-state index contributed by atoms with van der Waals surface area (Å²) in [5, 5.41) is 0. The third-order valence-electron chi connectivity index (χ3n) is 6.27. The standard InChI is InChI=1S/C24H31N3O/c1-19-9-11-21(12-10-19)24(28)27-13-5-7-22(18-27)25-14-16-26(17-15-25)23-8-4-3-6-20(23)2/h3-4,6,8-12,22H,5,7,13-18H2,1-2H3/t22-/m0/s1. The Morgan fingerprint density at radius 1 is 0.893 bits per heavy atom. The highest BCUT2D eigenvalue weighted by molar-refractivity contribution is 5.94. The highest BCUT2D eigenvalue weighted by atomic mass is 16.2. The van der Waals surface area contributed by atoms with Crippen LogP contribution < -0.4 is 4.90 Å². The van der Waals surface area contributed by atoms with Crippen LogP contribution >= 0.6 is 0 Å². The van der Waals surface area contributed by atoms with E-state index in [0.717, 1.165) is 51.3 Å². The molecule has 4 rings (SSSR count). The van der Waals surface area contributed by atoms with Crippen molar-refractivity contribution >= 4 is 11.6 Å². The van der Waals surface area contributed by atoms with Gasteiger partial charge in [0.15, 0.2) is 0 Å². The van der Waals surface area contributed by atoms with Crippen molar-refractivity contribution < 1.29 is 4.79 Å². The molecule has 0 N–H and O–H groups in total. The van der Waals surface area contributed by atoms with E-state index in [1.807, 2.05) is 24.3 Å². The molecule has 2 fully saturated rings. The first-order valence-corrected chi connectivity index (χ1v) is 10.5. The molecule has 0 radical (unpaired) electrons. The number of likely N-dealkylation sites (tertiary alicyclic amines) is 1. The largest absolute Gasteiger partial charge is 0.369 e. The summed E-state index contributed by atoms with van der Waals surface area (Å²) in [7, 11) is 0. The van der Waals surface area contributed by atoms with Crippen molar-refractivity contribution in [3.8, 4) is 0 Å². The second kappa shape index (κ2) is 8.36. The van der Waals surface area contributed by atoms with E-state index in [2.05, 4.69) is 52.8 Å². The van der Waals surface area contributed by atoms with Gasteiger partial charge in [0.2, 0.25) is 0 Å². The summed E-state index contributed by atoms with van der Waals surface area (Å²) >= 11 is 0. The normalized spacial score (nSPS) is 21.0. The maximum atomic E-state index is 12.9. The van der Waals surface area contributed by atoms with Crippen molar-refractivity contribution in [2.45, 2.75) is 32.7 Å². The zero-order valence-electron chi connectivity index (χ0n) is 17.1. The van der Waals surface area contributed by atoms with E-state index in [0.29, 0.717) is 6.04 Å². The second-order valence-corrected chi connectivity index (χ2v) is 8.22. The molecule has 4 heteroatoms. The number of rotatable bonds is 3. The molecular weight excluding hydrogens is 346 g/mol. The Kier molecular flexibility index (Phi) is 5.67. The van der Waals surface area contributed by atoms with Crippen LogP contribution in [0.25, 0.3) is 0 Å². The Labute approximate surface area is 168 Å². The molecule has 0 aromatic heterocycles. The van der Waals surface area contributed by atoms with Crippen LogP contribution in [0, 0.1) is 13.8 Å². The second-order valence-electron chi connectivity index (χ2n) is 8.22. The van der Waals surface area contributed by atoms with Gasteiger partial charge in [-0.3, -0.25) is 9.69 Å². The maximum absolute atomic E-state index is 12.9. The van der Waals surface area contributed by atoms with E-state index in [1.54, 1.807) is 0 Å². The van der Waals surface area contributed by atoms with Gasteiger partial charge in [0.05, 0.1) is 0 Å². The number of carbonyl (C=O) groups is 1. The summed E-state index contributed by atoms with van der Waals surface area (Å²) in [5.41, 5.74) is 4.72. The summed E-state index contributed by atoms with van der Waals surface area (Å²) < 4.78 is 0. The molecular formula is C24H31N3O. The van der Waals surface area contributed by atoms with Crippen LogP contribution in [0.5, 0.6) is 0 Å². The first-order valence-electron chi connectivity index (χ1n) is 10.5. The smallest absolute Gasteiger partial charge is 0.253 e. The SMILES string of the molecule is Cc1ccc(C(=O)N2CCC[C@H](N3CCN(c4ccccc4C)CC3)C2)cc1. The average molecular weight is 378 g/mol. The summed E-state index contributed by atoms with van der Waals surface area (Å²) in [6.07, 6.45) is 2.29. The Morgan fingerprint density at radius 3 is 2.32 bits per heavy atom. The number of piperazine rings is 1. The van der Waals surface area contributed by atoms with E-state index in [1.165, 1.54) is 23.2 Å². The molecule has 2 aromatic carbocycles. The highest BCUT2D eigenvalue weighted by Gasteiger charge is 2.30. The number of hydrogen-bond donors (Lipinski definition) is 0. The van der Waals surface area contributed by atoms with Crippen molar-refractivity contribution in [2.24, 2.45) is 0 Å². The molecule has 2 aliphatic heterocycles. The predicted octanol–water partition coefficient (Wildman–Crippen LogP) is 3.73. The van der Waals surface area contributed by atoms with Gasteiger partial charge in [-0.25, -0.2) is 0 Å². The predicted molar refractivity (Wildman–Crippen MR) is 115 cm³/mol. The van der Waals surface area contributed by atoms with Gasteiger partial charge in [0, 0.05) is 56.6 Å². The lowest BCUT2D eigenvalue weighted by Crippen LogP contribution is -2.56. The number of hydrogen-bond acceptors (Lipinski definition) is 3. The van der Waals surface area contributed by atoms with Crippen molar-refractivity contribution in [1.82, 2.24) is 9.80 Å². The minimum Gasteiger partial charge on any atom is -0.369 e. The number of piperidine rings is 1. The zero-order valence-corrected chi connectivity index (χ0v) is 17.1. The number of aryl methyl sites for hydroxylation is 2. The van der Waals surface area contributed by atoms with Crippen LogP contribution in [0.15, 0.2) is 48.5 Å². The third kappa shape index (κ3) is 4.07. The molecule has 0 spiro atoms. The summed E-state index contributed by atoms with van der Waals surface area (Å²) in [6.45, 7) is 10.3. The average Bonchev–Trinajstić information content (AvgIpc) is 2.74. The van der Waals surface area contributed by atoms with Gasteiger partial charge in [0.1, 0.15) is 0 Å². The van der Waals surface area contributed by atoms with E-state index >= 15 is 0 Å². The molecule has 4 nitrogen and oxygen atoms in total. The molecule has 2 aliphatic rings. The molecule has 2 heterocycles. The summed E-state index contributed by atoms with van der Waals surface area (Å²) in [5.74, 6) is 0.184. The lowest BCUT2D eigenvalue weighted by molar-refractivity contribution is 0.0563. The third-order valence-corrected chi connectivity index (χ3v) is 6.27. The lowest BCUT2D eigenvalue weighted by atomic mass is 10.0. The minimum absolute atomic E-state index is 0.184. The first kappa shape index (κ1) is 19.0. The monoisotopic (exact) mass is 377 g/mol. The molecule has 0 bridgehead atoms. The van der Waals surface area contributed by atoms with Gasteiger partial charge >= 0.3 is 0 Å². The number of anilines is 1. The van der Waals surface area contributed by atoms with Crippen LogP contribution in [0.1, 0.15) is 34.3 Å². The molecule has 1 amide bonds. The first-order chi connectivity index (χ1) is 13.6. The Bertz CT molecular complexity index is 809. The van der Waals surface area contributed by atoms with Gasteiger partial charge in [0.25, 0.3) is 5.91 Å². The highest BCUT2D eigenvalue weighted by Crippen LogP contribution is 2.24. The van der Waals surface area contributed by atoms with E-state index in [4.69, 9.17) is 0 Å². The zero-order chi connectivity index (χ0) is 19.5. The number of amides is 1. The molecule has 0 saturated carbocycles. The molecule has 0 unspecified atom stereocenters. The van der Waals surface area contributed by atoms with Crippen molar-refractivity contribution in [3.63, 3.8) is 0 Å². The van der Waals surface area contributed by atoms with Crippen LogP contribution in [-0.2, 0) is 0 Å². The van der Waals surface area contributed by atoms with Crippen LogP contribution in [0.3, 0.4) is 0 Å². The van der Waals surface area contributed by atoms with Gasteiger partial charge in [-0.1, -0.05) is 35.9 Å². The van der Waals surface area contributed by atoms with Crippen molar-refractivity contribution in [3.05, 3.63) is 65.2 Å². The van der Waals surface area contributed by atoms with Gasteiger partial charge in [-0.05, 0) is 50.5 Å². The number of carbonyl (C=O) groups excluding carboxylic acids is 1. The Morgan fingerprint density at radius 2 is 1.61 bits per heavy atom. The van der Waals surface area contributed by atoms with E-state index < -0.39 is 0 Å². The Balaban J connectivity index is 1.36. The molecule has 28 heavy (non-hydrogen) atoms. The van der Waals surface area contributed by atoms with Crippen LogP contribution in [0.4, 0.5) is 5.69 Å². The lowest BCUT2D eigenvalue weighted by Gasteiger charge is -2.44. The van der Waals surface area contributed by atoms with Gasteiger partial charge < -0.3 is 9.80 Å². The van der Waals surface area contributed by atoms with Gasteiger partial charge in [-0.2, -0.15) is 0 Å². The van der Waals surface area contributed by atoms with Crippen molar-refractivity contribution in [1.29, 1.82) is 0 Å². The quantitative estimate of drug-likeness (QED) is 0.815.